The number of rotatable bonds is 2. The Morgan fingerprint density at radius 2 is 1.84 bits per heavy atom. The second-order valence-electron chi connectivity index (χ2n) is 4.55. The van der Waals surface area contributed by atoms with Crippen LogP contribution in [-0.2, 0) is 0 Å². The minimum atomic E-state index is 0.370. The quantitative estimate of drug-likeness (QED) is 0.756. The van der Waals surface area contributed by atoms with Crippen LogP contribution >= 0.6 is 11.3 Å². The van der Waals surface area contributed by atoms with E-state index < -0.39 is 0 Å². The van der Waals surface area contributed by atoms with Gasteiger partial charge in [-0.15, -0.1) is 0 Å². The number of nitrogens with two attached hydrogens (primary N) is 1. The number of hydrogen-bond donors (Lipinski definition) is 1. The molecule has 0 radical (unpaired) electrons. The first-order chi connectivity index (χ1) is 9.18. The third-order valence-corrected chi connectivity index (χ3v) is 4.10. The van der Waals surface area contributed by atoms with Gasteiger partial charge < -0.3 is 10.3 Å². The molecule has 2 aromatic heterocycles. The fourth-order valence-electron chi connectivity index (χ4n) is 2.20. The van der Waals surface area contributed by atoms with Crippen molar-refractivity contribution >= 4 is 17.2 Å². The van der Waals surface area contributed by atoms with E-state index in [0.29, 0.717) is 5.88 Å². The summed E-state index contributed by atoms with van der Waals surface area (Å²) in [7, 11) is 0. The Morgan fingerprint density at radius 1 is 1.05 bits per heavy atom. The Hall–Kier alpha value is -2.07. The molecule has 0 aliphatic carbocycles. The molecule has 0 bridgehead atoms. The molecule has 0 amide bonds. The zero-order valence-corrected chi connectivity index (χ0v) is 11.6. The minimum absolute atomic E-state index is 0.370. The highest BCUT2D eigenvalue weighted by molar-refractivity contribution is 7.08. The van der Waals surface area contributed by atoms with Crippen LogP contribution in [0.5, 0.6) is 0 Å². The van der Waals surface area contributed by atoms with E-state index in [0.717, 1.165) is 27.9 Å². The first-order valence-electron chi connectivity index (χ1n) is 6.03. The fraction of sp³-hybridized carbons (Fsp3) is 0.133. The summed E-state index contributed by atoms with van der Waals surface area (Å²) in [6.45, 7) is 4.13. The predicted molar refractivity (Wildman–Crippen MR) is 79.1 cm³/mol. The average Bonchev–Trinajstić information content (AvgIpc) is 2.96. The van der Waals surface area contributed by atoms with Gasteiger partial charge in [0, 0.05) is 10.9 Å². The number of hydrogen-bond acceptors (Lipinski definition) is 4. The molecule has 0 unspecified atom stereocenters. The summed E-state index contributed by atoms with van der Waals surface area (Å²) in [4.78, 5) is 0. The number of aromatic nitrogens is 1. The van der Waals surface area contributed by atoms with E-state index in [1.54, 1.807) is 11.3 Å². The maximum Gasteiger partial charge on any atom is 0.230 e. The van der Waals surface area contributed by atoms with E-state index in [2.05, 4.69) is 35.8 Å². The average molecular weight is 270 g/mol. The Balaban J connectivity index is 2.26. The lowest BCUT2D eigenvalue weighted by molar-refractivity contribution is 0.439. The maximum atomic E-state index is 5.97. The molecular weight excluding hydrogens is 256 g/mol. The van der Waals surface area contributed by atoms with Crippen molar-refractivity contribution in [3.63, 3.8) is 0 Å². The molecule has 0 aliphatic heterocycles. The number of anilines is 1. The third-order valence-electron chi connectivity index (χ3n) is 3.24. The molecule has 1 aromatic carbocycles. The SMILES string of the molecule is Cc1cscc1-c1noc(N)c1-c1ccccc1C. The molecule has 2 heterocycles. The molecule has 0 spiro atoms. The Labute approximate surface area is 115 Å². The molecule has 3 aromatic rings. The first-order valence-corrected chi connectivity index (χ1v) is 6.97. The molecule has 2 N–H and O–H groups in total. The summed E-state index contributed by atoms with van der Waals surface area (Å²) < 4.78 is 5.22. The zero-order valence-electron chi connectivity index (χ0n) is 10.8. The van der Waals surface area contributed by atoms with Crippen molar-refractivity contribution in [2.45, 2.75) is 13.8 Å². The standard InChI is InChI=1S/C15H14N2OS/c1-9-5-3-4-6-11(9)13-14(17-18-15(13)16)12-8-19-7-10(12)2/h3-8H,16H2,1-2H3. The zero-order chi connectivity index (χ0) is 13.4. The summed E-state index contributed by atoms with van der Waals surface area (Å²) in [5, 5.41) is 8.32. The van der Waals surface area contributed by atoms with Crippen molar-refractivity contribution in [2.75, 3.05) is 5.73 Å². The summed E-state index contributed by atoms with van der Waals surface area (Å²) in [6.07, 6.45) is 0. The fourth-order valence-corrected chi connectivity index (χ4v) is 3.04. The lowest BCUT2D eigenvalue weighted by Gasteiger charge is -2.05. The molecule has 0 atom stereocenters. The summed E-state index contributed by atoms with van der Waals surface area (Å²) >= 11 is 1.66. The van der Waals surface area contributed by atoms with Gasteiger partial charge in [0.2, 0.25) is 5.88 Å². The maximum absolute atomic E-state index is 5.97. The topological polar surface area (TPSA) is 52.0 Å². The second-order valence-corrected chi connectivity index (χ2v) is 5.30. The van der Waals surface area contributed by atoms with Crippen LogP contribution in [0.1, 0.15) is 11.1 Å². The largest absolute Gasteiger partial charge is 0.367 e. The smallest absolute Gasteiger partial charge is 0.230 e. The van der Waals surface area contributed by atoms with Crippen molar-refractivity contribution in [1.29, 1.82) is 0 Å². The lowest BCUT2D eigenvalue weighted by Crippen LogP contribution is -1.90. The van der Waals surface area contributed by atoms with Gasteiger partial charge in [0.1, 0.15) is 5.69 Å². The molecule has 3 nitrogen and oxygen atoms in total. The van der Waals surface area contributed by atoms with Gasteiger partial charge in [-0.2, -0.15) is 11.3 Å². The Kier molecular flexibility index (Phi) is 2.87. The van der Waals surface area contributed by atoms with Crippen molar-refractivity contribution in [2.24, 2.45) is 0 Å². The monoisotopic (exact) mass is 270 g/mol. The van der Waals surface area contributed by atoms with E-state index in [9.17, 15) is 0 Å². The molecule has 3 rings (SSSR count). The Bertz CT molecular complexity index is 727. The van der Waals surface area contributed by atoms with E-state index in [4.69, 9.17) is 10.3 Å². The van der Waals surface area contributed by atoms with Crippen LogP contribution in [0.15, 0.2) is 39.5 Å². The number of aryl methyl sites for hydroxylation is 2. The highest BCUT2D eigenvalue weighted by Crippen LogP contribution is 2.39. The highest BCUT2D eigenvalue weighted by atomic mass is 32.1. The van der Waals surface area contributed by atoms with Crippen LogP contribution in [0, 0.1) is 13.8 Å². The van der Waals surface area contributed by atoms with Crippen LogP contribution in [0.3, 0.4) is 0 Å². The lowest BCUT2D eigenvalue weighted by atomic mass is 9.97. The van der Waals surface area contributed by atoms with E-state index in [-0.39, 0.29) is 0 Å². The van der Waals surface area contributed by atoms with Gasteiger partial charge in [0.25, 0.3) is 0 Å². The summed E-state index contributed by atoms with van der Waals surface area (Å²) in [5.74, 6) is 0.370. The van der Waals surface area contributed by atoms with Crippen molar-refractivity contribution in [3.05, 3.63) is 46.2 Å². The Morgan fingerprint density at radius 3 is 2.53 bits per heavy atom. The van der Waals surface area contributed by atoms with Crippen LogP contribution in [0.2, 0.25) is 0 Å². The number of thiophene rings is 1. The van der Waals surface area contributed by atoms with Gasteiger partial charge >= 0.3 is 0 Å². The highest BCUT2D eigenvalue weighted by Gasteiger charge is 2.20. The van der Waals surface area contributed by atoms with E-state index in [1.165, 1.54) is 5.56 Å². The van der Waals surface area contributed by atoms with Crippen molar-refractivity contribution in [3.8, 4) is 22.4 Å². The van der Waals surface area contributed by atoms with E-state index >= 15 is 0 Å². The first kappa shape index (κ1) is 12.0. The van der Waals surface area contributed by atoms with Crippen molar-refractivity contribution in [1.82, 2.24) is 5.16 Å². The number of nitrogen functional groups attached to an aromatic ring is 1. The van der Waals surface area contributed by atoms with Crippen LogP contribution < -0.4 is 5.73 Å². The summed E-state index contributed by atoms with van der Waals surface area (Å²) in [6, 6.07) is 8.12. The number of benzene rings is 1. The minimum Gasteiger partial charge on any atom is -0.367 e. The molecule has 0 fully saturated rings. The van der Waals surface area contributed by atoms with E-state index in [1.807, 2.05) is 18.2 Å². The van der Waals surface area contributed by atoms with Crippen LogP contribution in [-0.4, -0.2) is 5.16 Å². The van der Waals surface area contributed by atoms with Crippen LogP contribution in [0.25, 0.3) is 22.4 Å². The molecule has 96 valence electrons. The van der Waals surface area contributed by atoms with Crippen molar-refractivity contribution < 1.29 is 4.52 Å². The normalized spacial score (nSPS) is 10.8. The van der Waals surface area contributed by atoms with Crippen LogP contribution in [0.4, 0.5) is 5.88 Å². The van der Waals surface area contributed by atoms with Gasteiger partial charge in [-0.25, -0.2) is 0 Å². The third kappa shape index (κ3) is 1.94. The molecule has 0 saturated carbocycles. The molecule has 0 saturated heterocycles. The van der Waals surface area contributed by atoms with Gasteiger partial charge in [-0.3, -0.25) is 0 Å². The predicted octanol–water partition coefficient (Wildman–Crippen LogP) is 4.27. The van der Waals surface area contributed by atoms with Gasteiger partial charge in [0.15, 0.2) is 0 Å². The number of nitrogens with zero attached hydrogens (tertiary/aromatic N) is 1. The molecule has 0 aliphatic rings. The second kappa shape index (κ2) is 4.55. The molecule has 4 heteroatoms. The van der Waals surface area contributed by atoms with Gasteiger partial charge in [0.05, 0.1) is 5.56 Å². The summed E-state index contributed by atoms with van der Waals surface area (Å²) in [5.41, 5.74) is 12.2. The van der Waals surface area contributed by atoms with Gasteiger partial charge in [-0.1, -0.05) is 29.4 Å². The van der Waals surface area contributed by atoms with Gasteiger partial charge in [-0.05, 0) is 35.9 Å². The molecular formula is C15H14N2OS. The molecule has 19 heavy (non-hydrogen) atoms.